The van der Waals surface area contributed by atoms with E-state index in [4.69, 9.17) is 25.6 Å². The number of rotatable bonds is 6. The first kappa shape index (κ1) is 18.0. The van der Waals surface area contributed by atoms with Gasteiger partial charge in [-0.05, 0) is 58.1 Å². The number of halogens is 2. The van der Waals surface area contributed by atoms with E-state index in [9.17, 15) is 0 Å². The van der Waals surface area contributed by atoms with Crippen LogP contribution in [0, 0.1) is 0 Å². The molecule has 0 bridgehead atoms. The van der Waals surface area contributed by atoms with E-state index in [2.05, 4.69) is 26.1 Å². The first-order chi connectivity index (χ1) is 12.1. The van der Waals surface area contributed by atoms with Crippen molar-refractivity contribution in [1.82, 2.24) is 10.1 Å². The molecule has 3 rings (SSSR count). The number of hydrogen-bond donors (Lipinski definition) is 0. The van der Waals surface area contributed by atoms with Gasteiger partial charge in [-0.3, -0.25) is 0 Å². The Bertz CT molecular complexity index is 893. The fourth-order valence-corrected chi connectivity index (χ4v) is 3.56. The van der Waals surface area contributed by atoms with Gasteiger partial charge in [0.05, 0.1) is 18.2 Å². The highest BCUT2D eigenvalue weighted by molar-refractivity contribution is 9.10. The van der Waals surface area contributed by atoms with Gasteiger partial charge in [0.1, 0.15) is 5.03 Å². The summed E-state index contributed by atoms with van der Waals surface area (Å²) in [6, 6.07) is 5.63. The van der Waals surface area contributed by atoms with Crippen molar-refractivity contribution in [3.8, 4) is 22.9 Å². The summed E-state index contributed by atoms with van der Waals surface area (Å²) in [5.41, 5.74) is 1.71. The predicted octanol–water partition coefficient (Wildman–Crippen LogP) is 5.70. The zero-order valence-electron chi connectivity index (χ0n) is 13.5. The van der Waals surface area contributed by atoms with Crippen molar-refractivity contribution >= 4 is 50.0 Å². The molecule has 0 aliphatic carbocycles. The van der Waals surface area contributed by atoms with Crippen LogP contribution in [-0.2, 0) is 0 Å². The maximum atomic E-state index is 6.34. The molecule has 0 aliphatic rings. The Labute approximate surface area is 162 Å². The molecule has 0 N–H and O–H groups in total. The first-order valence-corrected chi connectivity index (χ1v) is 9.48. The van der Waals surface area contributed by atoms with Gasteiger partial charge in [0.25, 0.3) is 5.89 Å². The van der Waals surface area contributed by atoms with Gasteiger partial charge < -0.3 is 14.0 Å². The van der Waals surface area contributed by atoms with E-state index < -0.39 is 0 Å². The molecule has 0 radical (unpaired) electrons. The van der Waals surface area contributed by atoms with E-state index in [-0.39, 0.29) is 5.89 Å². The van der Waals surface area contributed by atoms with Gasteiger partial charge in [-0.25, -0.2) is 0 Å². The summed E-state index contributed by atoms with van der Waals surface area (Å²) in [5.74, 6) is 2.02. The molecule has 0 aliphatic heterocycles. The van der Waals surface area contributed by atoms with Gasteiger partial charge in [0, 0.05) is 10.9 Å². The molecule has 0 saturated carbocycles. The molecule has 0 amide bonds. The summed E-state index contributed by atoms with van der Waals surface area (Å²) in [4.78, 5) is 4.32. The van der Waals surface area contributed by atoms with Crippen molar-refractivity contribution < 1.29 is 14.0 Å². The van der Waals surface area contributed by atoms with Crippen LogP contribution in [0.3, 0.4) is 0 Å². The summed E-state index contributed by atoms with van der Waals surface area (Å²) >= 11 is 11.4. The third-order valence-electron chi connectivity index (χ3n) is 3.24. The number of thiophene rings is 1. The molecule has 2 heterocycles. The van der Waals surface area contributed by atoms with Gasteiger partial charge in [-0.15, -0.1) is 0 Å². The molecule has 130 valence electrons. The number of nitrogens with zero attached hydrogens (tertiary/aromatic N) is 2. The molecule has 5 nitrogen and oxygen atoms in total. The van der Waals surface area contributed by atoms with E-state index in [0.717, 1.165) is 15.6 Å². The van der Waals surface area contributed by atoms with Gasteiger partial charge in [0.15, 0.2) is 11.5 Å². The van der Waals surface area contributed by atoms with E-state index in [1.807, 2.05) is 35.9 Å². The van der Waals surface area contributed by atoms with Crippen molar-refractivity contribution in [2.75, 3.05) is 13.7 Å². The molecule has 0 fully saturated rings. The van der Waals surface area contributed by atoms with Gasteiger partial charge in [-0.1, -0.05) is 16.8 Å². The van der Waals surface area contributed by atoms with Crippen LogP contribution in [0.5, 0.6) is 11.5 Å². The number of ether oxygens (including phenoxy) is 2. The van der Waals surface area contributed by atoms with Gasteiger partial charge in [-0.2, -0.15) is 16.3 Å². The third kappa shape index (κ3) is 4.05. The second-order valence-electron chi connectivity index (χ2n) is 4.89. The minimum absolute atomic E-state index is 0.256. The number of benzene rings is 1. The molecule has 0 atom stereocenters. The largest absolute Gasteiger partial charge is 0.493 e. The van der Waals surface area contributed by atoms with Crippen LogP contribution >= 0.6 is 38.9 Å². The van der Waals surface area contributed by atoms with Crippen molar-refractivity contribution in [2.24, 2.45) is 0 Å². The van der Waals surface area contributed by atoms with E-state index in [1.165, 1.54) is 0 Å². The third-order valence-corrected chi connectivity index (χ3v) is 4.79. The van der Waals surface area contributed by atoms with Crippen LogP contribution in [-0.4, -0.2) is 23.9 Å². The average Bonchev–Trinajstić information content (AvgIpc) is 3.28. The van der Waals surface area contributed by atoms with Crippen LogP contribution < -0.4 is 9.47 Å². The fraction of sp³-hybridized carbons (Fsp3) is 0.176. The quantitative estimate of drug-likeness (QED) is 0.491. The summed E-state index contributed by atoms with van der Waals surface area (Å²) in [6.07, 6.45) is 1.73. The zero-order chi connectivity index (χ0) is 17.8. The van der Waals surface area contributed by atoms with E-state index in [0.29, 0.717) is 29.0 Å². The second kappa shape index (κ2) is 8.03. The van der Waals surface area contributed by atoms with Gasteiger partial charge >= 0.3 is 0 Å². The lowest BCUT2D eigenvalue weighted by molar-refractivity contribution is 0.309. The highest BCUT2D eigenvalue weighted by Crippen LogP contribution is 2.38. The molecule has 25 heavy (non-hydrogen) atoms. The Morgan fingerprint density at radius 2 is 2.28 bits per heavy atom. The van der Waals surface area contributed by atoms with Crippen molar-refractivity contribution in [2.45, 2.75) is 6.92 Å². The fourth-order valence-electron chi connectivity index (χ4n) is 2.15. The molecule has 0 saturated heterocycles. The summed E-state index contributed by atoms with van der Waals surface area (Å²) in [5, 5.41) is 8.19. The van der Waals surface area contributed by atoms with Crippen LogP contribution in [0.25, 0.3) is 22.5 Å². The molecular formula is C17H14BrClN2O3S. The topological polar surface area (TPSA) is 57.4 Å². The normalized spacial score (nSPS) is 11.6. The van der Waals surface area contributed by atoms with Gasteiger partial charge in [0.2, 0.25) is 5.82 Å². The van der Waals surface area contributed by atoms with Crippen molar-refractivity contribution in [1.29, 1.82) is 0 Å². The highest BCUT2D eigenvalue weighted by atomic mass is 79.9. The van der Waals surface area contributed by atoms with Crippen LogP contribution in [0.4, 0.5) is 0 Å². The van der Waals surface area contributed by atoms with E-state index in [1.54, 1.807) is 24.5 Å². The maximum absolute atomic E-state index is 6.34. The van der Waals surface area contributed by atoms with Crippen molar-refractivity contribution in [3.63, 3.8) is 0 Å². The molecule has 1 aromatic carbocycles. The zero-order valence-corrected chi connectivity index (χ0v) is 16.6. The molecule has 0 unspecified atom stereocenters. The lowest BCUT2D eigenvalue weighted by atomic mass is 10.2. The minimum Gasteiger partial charge on any atom is -0.493 e. The number of aromatic nitrogens is 2. The Morgan fingerprint density at radius 3 is 2.96 bits per heavy atom. The maximum Gasteiger partial charge on any atom is 0.269 e. The molecule has 2 aromatic heterocycles. The van der Waals surface area contributed by atoms with E-state index >= 15 is 0 Å². The van der Waals surface area contributed by atoms with Crippen molar-refractivity contribution in [3.05, 3.63) is 44.9 Å². The average molecular weight is 442 g/mol. The summed E-state index contributed by atoms with van der Waals surface area (Å²) in [7, 11) is 1.59. The van der Waals surface area contributed by atoms with Crippen LogP contribution in [0.2, 0.25) is 0 Å². The second-order valence-corrected chi connectivity index (χ2v) is 6.94. The lowest BCUT2D eigenvalue weighted by Crippen LogP contribution is -1.97. The highest BCUT2D eigenvalue weighted by Gasteiger charge is 2.14. The smallest absolute Gasteiger partial charge is 0.269 e. The predicted molar refractivity (Wildman–Crippen MR) is 103 cm³/mol. The molecule has 0 spiro atoms. The first-order valence-electron chi connectivity index (χ1n) is 7.36. The minimum atomic E-state index is 0.256. The Morgan fingerprint density at radius 1 is 1.44 bits per heavy atom. The Balaban J connectivity index is 1.91. The number of hydrogen-bond acceptors (Lipinski definition) is 6. The SMILES string of the molecule is CCOc1c(Br)cc(/C=C(\Cl)c2nc(-c3ccsc3)no2)cc1OC. The molecular weight excluding hydrogens is 428 g/mol. The summed E-state index contributed by atoms with van der Waals surface area (Å²) in [6.45, 7) is 2.45. The Hall–Kier alpha value is -1.83. The summed E-state index contributed by atoms with van der Waals surface area (Å²) < 4.78 is 17.0. The van der Waals surface area contributed by atoms with Crippen LogP contribution in [0.1, 0.15) is 18.4 Å². The lowest BCUT2D eigenvalue weighted by Gasteiger charge is -2.12. The van der Waals surface area contributed by atoms with Crippen LogP contribution in [0.15, 0.2) is 38.0 Å². The standard InChI is InChI=1S/C17H14BrClN2O3S/c1-3-23-15-12(18)6-10(8-14(15)22-2)7-13(19)17-20-16(21-24-17)11-4-5-25-9-11/h4-9H,3H2,1-2H3/b13-7-. The Kier molecular flexibility index (Phi) is 5.78. The molecule has 3 aromatic rings. The molecule has 8 heteroatoms. The number of methoxy groups -OCH3 is 1. The monoisotopic (exact) mass is 440 g/mol.